The highest BCUT2D eigenvalue weighted by atomic mass is 32.2. The van der Waals surface area contributed by atoms with E-state index in [-0.39, 0.29) is 17.3 Å². The van der Waals surface area contributed by atoms with Gasteiger partial charge in [0, 0.05) is 38.3 Å². The van der Waals surface area contributed by atoms with Gasteiger partial charge in [-0.1, -0.05) is 6.08 Å². The lowest BCUT2D eigenvalue weighted by Gasteiger charge is -2.27. The minimum absolute atomic E-state index is 0.0699. The Kier molecular flexibility index (Phi) is 5.11. The summed E-state index contributed by atoms with van der Waals surface area (Å²) in [6.45, 7) is 6.53. The van der Waals surface area contributed by atoms with E-state index in [0.717, 1.165) is 13.1 Å². The molecule has 7 heteroatoms. The van der Waals surface area contributed by atoms with Crippen LogP contribution in [0.25, 0.3) is 0 Å². The van der Waals surface area contributed by atoms with Crippen LogP contribution in [-0.2, 0) is 10.0 Å². The maximum absolute atomic E-state index is 12.3. The maximum atomic E-state index is 12.3. The highest BCUT2D eigenvalue weighted by Gasteiger charge is 2.19. The summed E-state index contributed by atoms with van der Waals surface area (Å²) in [6.07, 6.45) is 1.47. The standard InChI is InChI=1S/C14H19N3O3S/c1-2-7-16-21(19,20)13-5-3-12(4-6-13)14(18)17-10-8-15-9-11-17/h2-6,15-16H,1,7-11H2. The van der Waals surface area contributed by atoms with E-state index >= 15 is 0 Å². The summed E-state index contributed by atoms with van der Waals surface area (Å²) >= 11 is 0. The summed E-state index contributed by atoms with van der Waals surface area (Å²) in [7, 11) is -3.55. The van der Waals surface area contributed by atoms with Gasteiger partial charge in [-0.2, -0.15) is 0 Å². The largest absolute Gasteiger partial charge is 0.336 e. The zero-order valence-electron chi connectivity index (χ0n) is 11.7. The Morgan fingerprint density at radius 3 is 2.48 bits per heavy atom. The van der Waals surface area contributed by atoms with Crippen molar-refractivity contribution in [3.05, 3.63) is 42.5 Å². The zero-order valence-corrected chi connectivity index (χ0v) is 12.5. The fourth-order valence-corrected chi connectivity index (χ4v) is 3.08. The van der Waals surface area contributed by atoms with Crippen LogP contribution in [0.15, 0.2) is 41.8 Å². The average molecular weight is 309 g/mol. The molecule has 1 aliphatic rings. The highest BCUT2D eigenvalue weighted by molar-refractivity contribution is 7.89. The molecular weight excluding hydrogens is 290 g/mol. The lowest BCUT2D eigenvalue weighted by atomic mass is 10.2. The normalized spacial score (nSPS) is 15.7. The van der Waals surface area contributed by atoms with Crippen LogP contribution >= 0.6 is 0 Å². The fraction of sp³-hybridized carbons (Fsp3) is 0.357. The number of carbonyl (C=O) groups is 1. The molecule has 0 bridgehead atoms. The third-order valence-corrected chi connectivity index (χ3v) is 4.67. The quantitative estimate of drug-likeness (QED) is 0.762. The number of sulfonamides is 1. The Morgan fingerprint density at radius 1 is 1.29 bits per heavy atom. The van der Waals surface area contributed by atoms with Gasteiger partial charge < -0.3 is 10.2 Å². The summed E-state index contributed by atoms with van der Waals surface area (Å²) in [5, 5.41) is 3.18. The van der Waals surface area contributed by atoms with E-state index in [1.165, 1.54) is 18.2 Å². The molecule has 0 unspecified atom stereocenters. The number of carbonyl (C=O) groups excluding carboxylic acids is 1. The van der Waals surface area contributed by atoms with Crippen molar-refractivity contribution >= 4 is 15.9 Å². The van der Waals surface area contributed by atoms with E-state index in [1.807, 2.05) is 0 Å². The molecule has 2 N–H and O–H groups in total. The molecule has 1 saturated heterocycles. The number of piperazine rings is 1. The minimum atomic E-state index is -3.55. The van der Waals surface area contributed by atoms with Gasteiger partial charge in [-0.05, 0) is 24.3 Å². The first-order chi connectivity index (χ1) is 10.0. The third kappa shape index (κ3) is 3.90. The summed E-state index contributed by atoms with van der Waals surface area (Å²) in [4.78, 5) is 14.2. The summed E-state index contributed by atoms with van der Waals surface area (Å²) < 4.78 is 26.2. The number of amides is 1. The fourth-order valence-electron chi connectivity index (χ4n) is 2.08. The number of hydrogen-bond acceptors (Lipinski definition) is 4. The second-order valence-corrected chi connectivity index (χ2v) is 6.47. The molecule has 2 rings (SSSR count). The van der Waals surface area contributed by atoms with Crippen LogP contribution in [0.4, 0.5) is 0 Å². The predicted molar refractivity (Wildman–Crippen MR) is 80.6 cm³/mol. The first kappa shape index (κ1) is 15.7. The minimum Gasteiger partial charge on any atom is -0.336 e. The van der Waals surface area contributed by atoms with Gasteiger partial charge in [0.1, 0.15) is 0 Å². The molecule has 1 fully saturated rings. The number of hydrogen-bond donors (Lipinski definition) is 2. The topological polar surface area (TPSA) is 78.5 Å². The van der Waals surface area contributed by atoms with Crippen LogP contribution in [0.2, 0.25) is 0 Å². The molecule has 0 aliphatic carbocycles. The number of nitrogens with one attached hydrogen (secondary N) is 2. The van der Waals surface area contributed by atoms with E-state index < -0.39 is 10.0 Å². The maximum Gasteiger partial charge on any atom is 0.253 e. The predicted octanol–water partition coefficient (Wildman–Crippen LogP) is 0.196. The van der Waals surface area contributed by atoms with Gasteiger partial charge in [-0.25, -0.2) is 13.1 Å². The molecule has 21 heavy (non-hydrogen) atoms. The second kappa shape index (κ2) is 6.84. The van der Waals surface area contributed by atoms with Gasteiger partial charge in [0.25, 0.3) is 5.91 Å². The lowest BCUT2D eigenvalue weighted by Crippen LogP contribution is -2.46. The SMILES string of the molecule is C=CCNS(=O)(=O)c1ccc(C(=O)N2CCNCC2)cc1. The van der Waals surface area contributed by atoms with Crippen molar-refractivity contribution < 1.29 is 13.2 Å². The molecule has 1 heterocycles. The van der Waals surface area contributed by atoms with Gasteiger partial charge in [-0.3, -0.25) is 4.79 Å². The smallest absolute Gasteiger partial charge is 0.253 e. The van der Waals surface area contributed by atoms with Gasteiger partial charge in [0.05, 0.1) is 4.90 Å². The van der Waals surface area contributed by atoms with Crippen molar-refractivity contribution in [1.29, 1.82) is 0 Å². The molecule has 1 aromatic carbocycles. The molecule has 0 saturated carbocycles. The summed E-state index contributed by atoms with van der Waals surface area (Å²) in [5.74, 6) is -0.0699. The number of benzene rings is 1. The van der Waals surface area contributed by atoms with Gasteiger partial charge in [0.2, 0.25) is 10.0 Å². The van der Waals surface area contributed by atoms with E-state index in [2.05, 4.69) is 16.6 Å². The summed E-state index contributed by atoms with van der Waals surface area (Å²) in [6, 6.07) is 5.99. The molecule has 0 atom stereocenters. The van der Waals surface area contributed by atoms with Crippen molar-refractivity contribution in [2.75, 3.05) is 32.7 Å². The average Bonchev–Trinajstić information content (AvgIpc) is 2.53. The molecule has 6 nitrogen and oxygen atoms in total. The number of nitrogens with zero attached hydrogens (tertiary/aromatic N) is 1. The lowest BCUT2D eigenvalue weighted by molar-refractivity contribution is 0.0735. The molecule has 1 aromatic rings. The Morgan fingerprint density at radius 2 is 1.90 bits per heavy atom. The van der Waals surface area contributed by atoms with E-state index in [0.29, 0.717) is 18.7 Å². The van der Waals surface area contributed by atoms with Crippen LogP contribution in [0, 0.1) is 0 Å². The van der Waals surface area contributed by atoms with Crippen LogP contribution in [0.1, 0.15) is 10.4 Å². The molecule has 1 amide bonds. The third-order valence-electron chi connectivity index (χ3n) is 3.23. The monoisotopic (exact) mass is 309 g/mol. The van der Waals surface area contributed by atoms with Crippen molar-refractivity contribution in [1.82, 2.24) is 14.9 Å². The molecule has 1 aliphatic heterocycles. The number of rotatable bonds is 5. The second-order valence-electron chi connectivity index (χ2n) is 4.71. The Bertz CT molecular complexity index is 605. The van der Waals surface area contributed by atoms with Gasteiger partial charge >= 0.3 is 0 Å². The van der Waals surface area contributed by atoms with E-state index in [1.54, 1.807) is 17.0 Å². The Balaban J connectivity index is 2.11. The Hall–Kier alpha value is -1.70. The molecule has 0 radical (unpaired) electrons. The van der Waals surface area contributed by atoms with Crippen molar-refractivity contribution in [2.24, 2.45) is 0 Å². The molecule has 114 valence electrons. The zero-order chi connectivity index (χ0) is 15.3. The van der Waals surface area contributed by atoms with E-state index in [4.69, 9.17) is 0 Å². The first-order valence-electron chi connectivity index (χ1n) is 6.75. The first-order valence-corrected chi connectivity index (χ1v) is 8.23. The van der Waals surface area contributed by atoms with Crippen LogP contribution in [0.3, 0.4) is 0 Å². The van der Waals surface area contributed by atoms with Crippen LogP contribution < -0.4 is 10.0 Å². The molecular formula is C14H19N3O3S. The van der Waals surface area contributed by atoms with Crippen molar-refractivity contribution in [2.45, 2.75) is 4.90 Å². The summed E-state index contributed by atoms with van der Waals surface area (Å²) in [5.41, 5.74) is 0.500. The molecule has 0 spiro atoms. The van der Waals surface area contributed by atoms with E-state index in [9.17, 15) is 13.2 Å². The van der Waals surface area contributed by atoms with Crippen molar-refractivity contribution in [3.8, 4) is 0 Å². The van der Waals surface area contributed by atoms with Crippen LogP contribution in [-0.4, -0.2) is 51.9 Å². The Labute approximate surface area is 124 Å². The highest BCUT2D eigenvalue weighted by Crippen LogP contribution is 2.12. The van der Waals surface area contributed by atoms with Gasteiger partial charge in [0.15, 0.2) is 0 Å². The van der Waals surface area contributed by atoms with Crippen molar-refractivity contribution in [3.63, 3.8) is 0 Å². The molecule has 0 aromatic heterocycles. The van der Waals surface area contributed by atoms with Crippen LogP contribution in [0.5, 0.6) is 0 Å². The van der Waals surface area contributed by atoms with Gasteiger partial charge in [-0.15, -0.1) is 6.58 Å².